The number of benzene rings is 2. The van der Waals surface area contributed by atoms with Gasteiger partial charge in [0.15, 0.2) is 5.60 Å². The number of fused-ring (bicyclic) bond motifs is 5. The van der Waals surface area contributed by atoms with E-state index in [0.717, 1.165) is 34.8 Å². The molecule has 31 nitrogen and oxygen atoms in total. The van der Waals surface area contributed by atoms with Crippen molar-refractivity contribution in [3.8, 4) is 11.4 Å². The van der Waals surface area contributed by atoms with Crippen molar-refractivity contribution in [1.29, 1.82) is 0 Å². The number of rotatable bonds is 34. The first-order valence-electron chi connectivity index (χ1n) is 32.7. The topological polar surface area (TPSA) is 453 Å². The van der Waals surface area contributed by atoms with E-state index >= 15 is 4.39 Å². The van der Waals surface area contributed by atoms with Crippen LogP contribution in [0.3, 0.4) is 0 Å². The zero-order valence-electron chi connectivity index (χ0n) is 54.8. The SMILES string of the molecule is Cc1c(F)cc2nc3c(c4c2c1CC[C@@H]4NC(=O)[C@H](C)OCNC(=O)CNC(=O)[C@H](Cc1ccccc1)NC(=O)CNC(=O)CNC(=O)CC[C@H](NC(=O)CCCCCN1C(=O)C=CC1=O)C(=O)N(C)C[C@H](O)[C@@H](O)[C@H](O)[C@H](O)CO)Cn1c-3cc2c(c1=O)COC(=O)[C@]2(O)CC1CC1. The molecule has 5 heterocycles. The maximum atomic E-state index is 15.6. The van der Waals surface area contributed by atoms with Crippen molar-refractivity contribution in [3.63, 3.8) is 0 Å². The second-order valence-electron chi connectivity index (χ2n) is 25.5. The van der Waals surface area contributed by atoms with E-state index in [9.17, 15) is 83.1 Å². The van der Waals surface area contributed by atoms with Gasteiger partial charge in [-0.1, -0.05) is 49.6 Å². The molecule has 32 heteroatoms. The third-order valence-electron chi connectivity index (χ3n) is 18.3. The smallest absolute Gasteiger partial charge is 0.343 e. The molecule has 0 spiro atoms. The molecule has 5 aliphatic rings. The summed E-state index contributed by atoms with van der Waals surface area (Å²) in [5, 5.41) is 80.0. The number of likely N-dealkylation sites (N-methyl/N-ethyl adjacent to an activating group) is 1. The van der Waals surface area contributed by atoms with E-state index in [2.05, 4.69) is 37.2 Å². The summed E-state index contributed by atoms with van der Waals surface area (Å²) in [6.45, 7) is -1.10. The number of nitrogens with zero attached hydrogens (tertiary/aromatic N) is 4. The van der Waals surface area contributed by atoms with Crippen LogP contribution in [0.1, 0.15) is 116 Å². The molecular formula is C67H82FN11O20. The number of ether oxygens (including phenoxy) is 2. The highest BCUT2D eigenvalue weighted by molar-refractivity contribution is 6.13. The zero-order chi connectivity index (χ0) is 71.6. The van der Waals surface area contributed by atoms with Crippen molar-refractivity contribution < 1.29 is 97.2 Å². The van der Waals surface area contributed by atoms with Crippen molar-refractivity contribution >= 4 is 75.9 Å². The van der Waals surface area contributed by atoms with Crippen LogP contribution in [-0.2, 0) is 93.8 Å². The molecule has 13 N–H and O–H groups in total. The van der Waals surface area contributed by atoms with E-state index in [4.69, 9.17) is 19.6 Å². The number of nitrogens with one attached hydrogen (secondary N) is 7. The van der Waals surface area contributed by atoms with Crippen molar-refractivity contribution in [2.45, 2.75) is 158 Å². The van der Waals surface area contributed by atoms with E-state index < -0.39 is 177 Å². The average molecular weight is 1380 g/mol. The molecule has 9 atom stereocenters. The summed E-state index contributed by atoms with van der Waals surface area (Å²) in [7, 11) is 1.19. The number of hydrogen-bond acceptors (Lipinski definition) is 21. The molecule has 2 aromatic heterocycles. The van der Waals surface area contributed by atoms with Crippen LogP contribution in [0.4, 0.5) is 4.39 Å². The highest BCUT2D eigenvalue weighted by Gasteiger charge is 2.50. The molecule has 2 aromatic carbocycles. The fourth-order valence-corrected chi connectivity index (χ4v) is 12.6. The number of aromatic nitrogens is 2. The highest BCUT2D eigenvalue weighted by atomic mass is 19.1. The largest absolute Gasteiger partial charge is 0.458 e. The minimum absolute atomic E-state index is 0.0235. The van der Waals surface area contributed by atoms with Gasteiger partial charge in [-0.15, -0.1) is 0 Å². The molecule has 99 heavy (non-hydrogen) atoms. The van der Waals surface area contributed by atoms with Crippen molar-refractivity contribution in [2.75, 3.05) is 53.1 Å². The van der Waals surface area contributed by atoms with E-state index in [0.29, 0.717) is 70.3 Å². The van der Waals surface area contributed by atoms with Crippen LogP contribution in [0.2, 0.25) is 0 Å². The molecule has 9 rings (SSSR count). The number of esters is 1. The highest BCUT2D eigenvalue weighted by Crippen LogP contribution is 2.48. The first-order chi connectivity index (χ1) is 47.2. The number of aliphatic hydroxyl groups is 6. The molecule has 0 bridgehead atoms. The van der Waals surface area contributed by atoms with Gasteiger partial charge in [0.1, 0.15) is 61.8 Å². The van der Waals surface area contributed by atoms with Gasteiger partial charge in [-0.3, -0.25) is 57.6 Å². The fraction of sp³-hybridized carbons (Fsp3) is 0.507. The van der Waals surface area contributed by atoms with E-state index in [1.165, 1.54) is 24.6 Å². The van der Waals surface area contributed by atoms with Crippen LogP contribution in [0.25, 0.3) is 22.3 Å². The Labute approximate surface area is 566 Å². The normalized spacial score (nSPS) is 18.7. The summed E-state index contributed by atoms with van der Waals surface area (Å²) in [6.07, 6.45) is -4.07. The second kappa shape index (κ2) is 32.5. The van der Waals surface area contributed by atoms with E-state index in [-0.39, 0.29) is 74.4 Å². The number of hydrogen-bond donors (Lipinski definition) is 13. The summed E-state index contributed by atoms with van der Waals surface area (Å²) in [5.74, 6) is -8.21. The summed E-state index contributed by atoms with van der Waals surface area (Å²) in [4.78, 5) is 165. The molecule has 10 amide bonds. The van der Waals surface area contributed by atoms with Gasteiger partial charge < -0.3 is 86.8 Å². The lowest BCUT2D eigenvalue weighted by Gasteiger charge is -2.32. The molecule has 0 saturated heterocycles. The number of carbonyl (C=O) groups is 11. The molecule has 1 saturated carbocycles. The second-order valence-corrected chi connectivity index (χ2v) is 25.5. The zero-order valence-corrected chi connectivity index (χ0v) is 54.8. The van der Waals surface area contributed by atoms with Gasteiger partial charge >= 0.3 is 5.97 Å². The van der Waals surface area contributed by atoms with Gasteiger partial charge in [0.05, 0.1) is 61.3 Å². The summed E-state index contributed by atoms with van der Waals surface area (Å²) in [5.41, 5.74) is 1.68. The number of carbonyl (C=O) groups excluding carboxylic acids is 11. The van der Waals surface area contributed by atoms with Gasteiger partial charge in [0, 0.05) is 74.1 Å². The minimum atomic E-state index is -2.04. The van der Waals surface area contributed by atoms with Gasteiger partial charge in [-0.05, 0) is 86.6 Å². The van der Waals surface area contributed by atoms with E-state index in [1.54, 1.807) is 43.3 Å². The van der Waals surface area contributed by atoms with Gasteiger partial charge in [-0.25, -0.2) is 14.2 Å². The number of cyclic esters (lactones) is 1. The van der Waals surface area contributed by atoms with Crippen LogP contribution in [0.5, 0.6) is 0 Å². The summed E-state index contributed by atoms with van der Waals surface area (Å²) >= 11 is 0. The van der Waals surface area contributed by atoms with Crippen LogP contribution in [-0.4, -0.2) is 211 Å². The fourth-order valence-electron chi connectivity index (χ4n) is 12.6. The summed E-state index contributed by atoms with van der Waals surface area (Å²) < 4.78 is 28.1. The Balaban J connectivity index is 0.740. The molecule has 3 aliphatic heterocycles. The first-order valence-corrected chi connectivity index (χ1v) is 32.7. The molecule has 0 unspecified atom stereocenters. The molecule has 0 radical (unpaired) electrons. The predicted octanol–water partition coefficient (Wildman–Crippen LogP) is -2.78. The lowest BCUT2D eigenvalue weighted by molar-refractivity contribution is -0.173. The summed E-state index contributed by atoms with van der Waals surface area (Å²) in [6, 6.07) is 8.03. The molecule has 1 fully saturated rings. The Hall–Kier alpha value is -9.44. The number of pyridine rings is 2. The van der Waals surface area contributed by atoms with Crippen molar-refractivity contribution in [2.24, 2.45) is 5.92 Å². The van der Waals surface area contributed by atoms with Crippen LogP contribution in [0, 0.1) is 18.7 Å². The van der Waals surface area contributed by atoms with Crippen LogP contribution < -0.4 is 42.8 Å². The Kier molecular flexibility index (Phi) is 24.2. The van der Waals surface area contributed by atoms with Crippen LogP contribution >= 0.6 is 0 Å². The average Bonchev–Trinajstić information content (AvgIpc) is 1.64. The van der Waals surface area contributed by atoms with Crippen molar-refractivity contribution in [3.05, 3.63) is 110 Å². The molecule has 4 aromatic rings. The number of unbranched alkanes of at least 4 members (excludes halogenated alkanes) is 2. The number of halogens is 1. The Morgan fingerprint density at radius 1 is 0.778 bits per heavy atom. The van der Waals surface area contributed by atoms with Gasteiger partial charge in [0.25, 0.3) is 17.4 Å². The van der Waals surface area contributed by atoms with E-state index in [1.807, 2.05) is 0 Å². The lowest BCUT2D eigenvalue weighted by atomic mass is 9.81. The number of aliphatic hydroxyl groups excluding tert-OH is 5. The number of aryl methyl sites for hydroxylation is 1. The Morgan fingerprint density at radius 3 is 2.15 bits per heavy atom. The maximum absolute atomic E-state index is 15.6. The third kappa shape index (κ3) is 17.7. The standard InChI is InChI=1S/C67H82FN11O20/c1-34-38-15-16-43(58-39-29-79-47(59(39)75-45(57(38)58)24-42(34)68)23-41-40(64(79)94)32-98-66(96)67(41,97)25-37-13-14-37)76-62(92)35(2)99-33-72-53(86)27-71-63(93)46(22-36-10-6-4-7-11-36)74-54(87)28-70-52(85)26-69-50(83)18-17-44(65(95)77(3)30-48(81)60(90)61(91)49(82)31-80)73-51(84)12-8-5-9-21-78-55(88)19-20-56(78)89/h4,6-7,10-11,19-20,23-24,35,37,43-44,46,48-49,60-61,80-82,90-91,97H,5,8-9,12-18,21-22,25-33H2,1-3H3,(H,69,83)(H,70,85)(H,71,93)(H,72,86)(H,73,84)(H,74,87)(H,76,92)/t35-,43-,44-,46-,48-,49+,60+,61+,67-/m0/s1. The predicted molar refractivity (Wildman–Crippen MR) is 344 cm³/mol. The van der Waals surface area contributed by atoms with Crippen molar-refractivity contribution in [1.82, 2.24) is 56.6 Å². The first kappa shape index (κ1) is 73.8. The Morgan fingerprint density at radius 2 is 1.44 bits per heavy atom. The maximum Gasteiger partial charge on any atom is 0.343 e. The third-order valence-corrected chi connectivity index (χ3v) is 18.3. The Bertz CT molecular complexity index is 3880. The minimum Gasteiger partial charge on any atom is -0.458 e. The number of amides is 10. The molecule has 2 aliphatic carbocycles. The molecular weight excluding hydrogens is 1300 g/mol. The van der Waals surface area contributed by atoms with Crippen LogP contribution in [0.15, 0.2) is 59.4 Å². The quantitative estimate of drug-likeness (QED) is 0.00857. The van der Waals surface area contributed by atoms with Gasteiger partial charge in [0.2, 0.25) is 47.3 Å². The monoisotopic (exact) mass is 1380 g/mol. The molecule has 532 valence electrons. The number of imide groups is 1. The lowest BCUT2D eigenvalue weighted by Crippen LogP contribution is -2.53. The van der Waals surface area contributed by atoms with Gasteiger partial charge in [-0.2, -0.15) is 0 Å².